The summed E-state index contributed by atoms with van der Waals surface area (Å²) in [5.41, 5.74) is 0.137. The molecular weight excluding hydrogens is 335 g/mol. The summed E-state index contributed by atoms with van der Waals surface area (Å²) in [6.45, 7) is 0.702. The lowest BCUT2D eigenvalue weighted by Crippen LogP contribution is -2.37. The second kappa shape index (κ2) is 5.12. The zero-order valence-electron chi connectivity index (χ0n) is 11.1. The van der Waals surface area contributed by atoms with Gasteiger partial charge in [0.25, 0.3) is 5.91 Å². The highest BCUT2D eigenvalue weighted by Crippen LogP contribution is 2.39. The molecule has 3 rings (SSSR count). The first kappa shape index (κ1) is 15.1. The highest BCUT2D eigenvalue weighted by Gasteiger charge is 2.41. The van der Waals surface area contributed by atoms with Crippen molar-refractivity contribution in [3.8, 4) is 0 Å². The number of primary sulfonamides is 1. The van der Waals surface area contributed by atoms with Gasteiger partial charge in [0.2, 0.25) is 10.0 Å². The lowest BCUT2D eigenvalue weighted by molar-refractivity contribution is 0.0703. The van der Waals surface area contributed by atoms with Gasteiger partial charge in [-0.2, -0.15) is 0 Å². The Hall–Kier alpha value is -0.820. The minimum atomic E-state index is -4.00. The molecule has 0 spiro atoms. The van der Waals surface area contributed by atoms with Gasteiger partial charge in [-0.3, -0.25) is 4.79 Å². The third-order valence-corrected chi connectivity index (χ3v) is 5.92. The third kappa shape index (κ3) is 2.65. The molecule has 0 aromatic heterocycles. The zero-order chi connectivity index (χ0) is 15.4. The van der Waals surface area contributed by atoms with Crippen molar-refractivity contribution < 1.29 is 13.2 Å². The number of carbonyl (C=O) groups is 1. The number of nitrogens with zero attached hydrogens (tertiary/aromatic N) is 1. The van der Waals surface area contributed by atoms with E-state index in [1.807, 2.05) is 0 Å². The van der Waals surface area contributed by atoms with Crippen LogP contribution in [0.15, 0.2) is 17.0 Å². The summed E-state index contributed by atoms with van der Waals surface area (Å²) in [5, 5.41) is 5.17. The van der Waals surface area contributed by atoms with Crippen LogP contribution in [0.2, 0.25) is 10.0 Å². The number of halogens is 2. The second-order valence-electron chi connectivity index (χ2n) is 5.60. The molecule has 1 heterocycles. The fourth-order valence-electron chi connectivity index (χ4n) is 3.24. The molecule has 1 saturated heterocycles. The van der Waals surface area contributed by atoms with Crippen molar-refractivity contribution >= 4 is 39.1 Å². The molecule has 5 nitrogen and oxygen atoms in total. The topological polar surface area (TPSA) is 80.5 Å². The number of sulfonamides is 1. The van der Waals surface area contributed by atoms with Crippen LogP contribution in [0, 0.1) is 5.92 Å². The van der Waals surface area contributed by atoms with Crippen LogP contribution in [0.25, 0.3) is 0 Å². The lowest BCUT2D eigenvalue weighted by atomic mass is 10.1. The van der Waals surface area contributed by atoms with E-state index in [9.17, 15) is 13.2 Å². The molecule has 1 amide bonds. The van der Waals surface area contributed by atoms with E-state index in [1.165, 1.54) is 12.1 Å². The van der Waals surface area contributed by atoms with Crippen LogP contribution in [0.5, 0.6) is 0 Å². The number of hydrogen-bond donors (Lipinski definition) is 1. The molecule has 114 valence electrons. The lowest BCUT2D eigenvalue weighted by Gasteiger charge is -2.27. The number of benzene rings is 1. The molecule has 1 aromatic carbocycles. The van der Waals surface area contributed by atoms with Crippen molar-refractivity contribution in [2.75, 3.05) is 6.54 Å². The van der Waals surface area contributed by atoms with Crippen LogP contribution in [-0.2, 0) is 10.0 Å². The summed E-state index contributed by atoms with van der Waals surface area (Å²) < 4.78 is 23.0. The average molecular weight is 349 g/mol. The van der Waals surface area contributed by atoms with E-state index in [-0.39, 0.29) is 32.5 Å². The maximum atomic E-state index is 12.6. The van der Waals surface area contributed by atoms with Gasteiger partial charge in [0.1, 0.15) is 4.90 Å². The molecule has 2 fully saturated rings. The van der Waals surface area contributed by atoms with Gasteiger partial charge in [-0.15, -0.1) is 0 Å². The molecule has 0 radical (unpaired) electrons. The number of amides is 1. The Balaban J connectivity index is 2.00. The molecule has 2 bridgehead atoms. The smallest absolute Gasteiger partial charge is 0.255 e. The Kier molecular flexibility index (Phi) is 3.68. The van der Waals surface area contributed by atoms with Crippen molar-refractivity contribution in [1.82, 2.24) is 4.90 Å². The number of carbonyl (C=O) groups excluding carboxylic acids is 1. The number of rotatable bonds is 2. The molecule has 1 aliphatic carbocycles. The number of nitrogens with two attached hydrogens (primary N) is 1. The van der Waals surface area contributed by atoms with Crippen molar-refractivity contribution in [3.63, 3.8) is 0 Å². The van der Waals surface area contributed by atoms with E-state index in [0.717, 1.165) is 19.3 Å². The van der Waals surface area contributed by atoms with Crippen LogP contribution < -0.4 is 5.14 Å². The van der Waals surface area contributed by atoms with Gasteiger partial charge in [0, 0.05) is 12.6 Å². The first-order valence-corrected chi connectivity index (χ1v) is 8.90. The molecule has 2 aliphatic rings. The van der Waals surface area contributed by atoms with E-state index in [4.69, 9.17) is 28.3 Å². The molecule has 2 unspecified atom stereocenters. The highest BCUT2D eigenvalue weighted by molar-refractivity contribution is 7.89. The summed E-state index contributed by atoms with van der Waals surface area (Å²) in [5.74, 6) is 0.288. The van der Waals surface area contributed by atoms with Gasteiger partial charge < -0.3 is 4.90 Å². The van der Waals surface area contributed by atoms with Crippen molar-refractivity contribution in [2.24, 2.45) is 11.1 Å². The van der Waals surface area contributed by atoms with E-state index < -0.39 is 10.0 Å². The predicted octanol–water partition coefficient (Wildman–Crippen LogP) is 2.27. The molecule has 8 heteroatoms. The standard InChI is InChI=1S/C13H14Cl2N2O3S/c14-10-5-11(15)12(21(16,19)20)4-9(10)13(18)17-6-7-1-2-8(17)3-7/h4-5,7-8H,1-3,6H2,(H2,16,19,20). The normalized spacial score (nSPS) is 24.6. The Labute approximate surface area is 133 Å². The second-order valence-corrected chi connectivity index (χ2v) is 7.94. The fourth-order valence-corrected chi connectivity index (χ4v) is 4.64. The van der Waals surface area contributed by atoms with Crippen LogP contribution in [-0.4, -0.2) is 31.8 Å². The molecule has 2 N–H and O–H groups in total. The molecule has 1 aromatic rings. The van der Waals surface area contributed by atoms with E-state index >= 15 is 0 Å². The summed E-state index contributed by atoms with van der Waals surface area (Å²) in [6, 6.07) is 2.66. The maximum absolute atomic E-state index is 12.6. The SMILES string of the molecule is NS(=O)(=O)c1cc(C(=O)N2CC3CCC2C3)c(Cl)cc1Cl. The summed E-state index contributed by atoms with van der Waals surface area (Å²) in [4.78, 5) is 14.1. The number of likely N-dealkylation sites (tertiary alicyclic amines) is 1. The van der Waals surface area contributed by atoms with Crippen LogP contribution in [0.4, 0.5) is 0 Å². The van der Waals surface area contributed by atoms with Crippen molar-refractivity contribution in [3.05, 3.63) is 27.7 Å². The fraction of sp³-hybridized carbons (Fsp3) is 0.462. The number of fused-ring (bicyclic) bond motifs is 2. The van der Waals surface area contributed by atoms with Gasteiger partial charge in [-0.25, -0.2) is 13.6 Å². The highest BCUT2D eigenvalue weighted by atomic mass is 35.5. The quantitative estimate of drug-likeness (QED) is 0.889. The molecule has 21 heavy (non-hydrogen) atoms. The minimum Gasteiger partial charge on any atom is -0.335 e. The van der Waals surface area contributed by atoms with Crippen LogP contribution in [0.1, 0.15) is 29.6 Å². The van der Waals surface area contributed by atoms with Crippen molar-refractivity contribution in [1.29, 1.82) is 0 Å². The van der Waals surface area contributed by atoms with Crippen LogP contribution >= 0.6 is 23.2 Å². The summed E-state index contributed by atoms with van der Waals surface area (Å²) >= 11 is 11.9. The van der Waals surface area contributed by atoms with E-state index in [0.29, 0.717) is 12.5 Å². The van der Waals surface area contributed by atoms with Gasteiger partial charge in [0.05, 0.1) is 15.6 Å². The first-order valence-electron chi connectivity index (χ1n) is 6.60. The minimum absolute atomic E-state index is 0.0815. The van der Waals surface area contributed by atoms with E-state index in [1.54, 1.807) is 4.90 Å². The molecule has 1 aliphatic heterocycles. The van der Waals surface area contributed by atoms with Gasteiger partial charge in [-0.05, 0) is 37.3 Å². The molecule has 1 saturated carbocycles. The predicted molar refractivity (Wildman–Crippen MR) is 80.0 cm³/mol. The monoisotopic (exact) mass is 348 g/mol. The zero-order valence-corrected chi connectivity index (χ0v) is 13.4. The number of piperidine rings is 1. The largest absolute Gasteiger partial charge is 0.335 e. The third-order valence-electron chi connectivity index (χ3n) is 4.23. The summed E-state index contributed by atoms with van der Waals surface area (Å²) in [6.07, 6.45) is 3.15. The number of hydrogen-bond acceptors (Lipinski definition) is 3. The average Bonchev–Trinajstić information content (AvgIpc) is 2.98. The molecular formula is C13H14Cl2N2O3S. The molecule has 2 atom stereocenters. The van der Waals surface area contributed by atoms with Gasteiger partial charge >= 0.3 is 0 Å². The maximum Gasteiger partial charge on any atom is 0.255 e. The van der Waals surface area contributed by atoms with Gasteiger partial charge in [-0.1, -0.05) is 23.2 Å². The van der Waals surface area contributed by atoms with Crippen LogP contribution in [0.3, 0.4) is 0 Å². The van der Waals surface area contributed by atoms with E-state index in [2.05, 4.69) is 0 Å². The Morgan fingerprint density at radius 1 is 1.24 bits per heavy atom. The van der Waals surface area contributed by atoms with Gasteiger partial charge in [0.15, 0.2) is 0 Å². The van der Waals surface area contributed by atoms with Crippen molar-refractivity contribution in [2.45, 2.75) is 30.2 Å². The Bertz CT molecular complexity index is 720. The Morgan fingerprint density at radius 2 is 1.95 bits per heavy atom. The Morgan fingerprint density at radius 3 is 2.48 bits per heavy atom. The first-order chi connectivity index (χ1) is 9.77. The summed E-state index contributed by atoms with van der Waals surface area (Å²) in [7, 11) is -4.00.